The van der Waals surface area contributed by atoms with Crippen molar-refractivity contribution >= 4 is 5.96 Å². The predicted molar refractivity (Wildman–Crippen MR) is 69.8 cm³/mol. The summed E-state index contributed by atoms with van der Waals surface area (Å²) in [5.41, 5.74) is 0.973. The van der Waals surface area contributed by atoms with E-state index in [0.29, 0.717) is 6.54 Å². The fourth-order valence-corrected chi connectivity index (χ4v) is 1.50. The van der Waals surface area contributed by atoms with Crippen molar-refractivity contribution in [3.8, 4) is 0 Å². The highest BCUT2D eigenvalue weighted by Crippen LogP contribution is 2.04. The average Bonchev–Trinajstić information content (AvgIpc) is 2.30. The summed E-state index contributed by atoms with van der Waals surface area (Å²) >= 11 is 0. The van der Waals surface area contributed by atoms with Crippen LogP contribution in [-0.2, 0) is 6.42 Å². The van der Waals surface area contributed by atoms with E-state index in [1.807, 2.05) is 19.9 Å². The minimum absolute atomic E-state index is 0.190. The van der Waals surface area contributed by atoms with E-state index in [1.165, 1.54) is 6.07 Å². The van der Waals surface area contributed by atoms with Gasteiger partial charge in [-0.1, -0.05) is 12.1 Å². The normalized spacial score (nSPS) is 9.82. The molecule has 0 saturated carbocycles. The standard InChI is InChI=1S/C13H20FN3/c1-3-15-13(16-4-2)17-9-8-11-6-5-7-12(14)10-11/h5-7,10H,3-4,8-9H2,1-2H3,(H2,15,16,17). The van der Waals surface area contributed by atoms with Crippen LogP contribution >= 0.6 is 0 Å². The van der Waals surface area contributed by atoms with Crippen molar-refractivity contribution in [3.63, 3.8) is 0 Å². The molecule has 1 rings (SSSR count). The maximum atomic E-state index is 12.9. The van der Waals surface area contributed by atoms with Gasteiger partial charge in [0.1, 0.15) is 5.82 Å². The monoisotopic (exact) mass is 237 g/mol. The number of guanidine groups is 1. The van der Waals surface area contributed by atoms with Crippen LogP contribution in [0.2, 0.25) is 0 Å². The van der Waals surface area contributed by atoms with E-state index >= 15 is 0 Å². The second kappa shape index (κ2) is 7.65. The topological polar surface area (TPSA) is 36.4 Å². The molecule has 94 valence electrons. The zero-order chi connectivity index (χ0) is 12.5. The van der Waals surface area contributed by atoms with E-state index in [0.717, 1.165) is 31.0 Å². The van der Waals surface area contributed by atoms with Crippen LogP contribution in [0.25, 0.3) is 0 Å². The number of nitrogens with one attached hydrogen (secondary N) is 2. The highest BCUT2D eigenvalue weighted by molar-refractivity contribution is 5.79. The summed E-state index contributed by atoms with van der Waals surface area (Å²) in [5.74, 6) is 0.622. The lowest BCUT2D eigenvalue weighted by atomic mass is 10.1. The molecule has 0 aliphatic rings. The van der Waals surface area contributed by atoms with Gasteiger partial charge in [-0.25, -0.2) is 4.39 Å². The van der Waals surface area contributed by atoms with Gasteiger partial charge in [0.05, 0.1) is 0 Å². The van der Waals surface area contributed by atoms with Crippen LogP contribution in [0.5, 0.6) is 0 Å². The summed E-state index contributed by atoms with van der Waals surface area (Å²) in [4.78, 5) is 4.40. The first-order valence-corrected chi connectivity index (χ1v) is 6.03. The first kappa shape index (κ1) is 13.5. The van der Waals surface area contributed by atoms with Gasteiger partial charge in [0, 0.05) is 19.6 Å². The molecule has 0 radical (unpaired) electrons. The molecule has 2 N–H and O–H groups in total. The molecule has 0 spiro atoms. The minimum atomic E-state index is -0.190. The zero-order valence-corrected chi connectivity index (χ0v) is 10.5. The molecule has 0 amide bonds. The fraction of sp³-hybridized carbons (Fsp3) is 0.462. The Morgan fingerprint density at radius 1 is 1.24 bits per heavy atom. The maximum absolute atomic E-state index is 12.9. The predicted octanol–water partition coefficient (Wildman–Crippen LogP) is 1.94. The van der Waals surface area contributed by atoms with Crippen molar-refractivity contribution in [1.82, 2.24) is 10.6 Å². The average molecular weight is 237 g/mol. The van der Waals surface area contributed by atoms with Crippen molar-refractivity contribution in [2.45, 2.75) is 20.3 Å². The molecular weight excluding hydrogens is 217 g/mol. The van der Waals surface area contributed by atoms with Gasteiger partial charge in [-0.15, -0.1) is 0 Å². The van der Waals surface area contributed by atoms with Crippen LogP contribution in [0.4, 0.5) is 4.39 Å². The largest absolute Gasteiger partial charge is 0.357 e. The van der Waals surface area contributed by atoms with Gasteiger partial charge in [0.15, 0.2) is 5.96 Å². The molecule has 1 aromatic carbocycles. The summed E-state index contributed by atoms with van der Waals surface area (Å²) in [6.07, 6.45) is 0.748. The smallest absolute Gasteiger partial charge is 0.191 e. The highest BCUT2D eigenvalue weighted by Gasteiger charge is 1.96. The second-order valence-corrected chi connectivity index (χ2v) is 3.67. The lowest BCUT2D eigenvalue weighted by Gasteiger charge is -2.08. The molecule has 3 nitrogen and oxygen atoms in total. The van der Waals surface area contributed by atoms with Gasteiger partial charge in [0.2, 0.25) is 0 Å². The Labute approximate surface area is 102 Å². The molecule has 4 heteroatoms. The van der Waals surface area contributed by atoms with Crippen LogP contribution in [0.3, 0.4) is 0 Å². The third-order valence-corrected chi connectivity index (χ3v) is 2.25. The van der Waals surface area contributed by atoms with Crippen LogP contribution < -0.4 is 10.6 Å². The van der Waals surface area contributed by atoms with E-state index in [2.05, 4.69) is 15.6 Å². The van der Waals surface area contributed by atoms with Crippen molar-refractivity contribution in [1.29, 1.82) is 0 Å². The molecule has 17 heavy (non-hydrogen) atoms. The van der Waals surface area contributed by atoms with Crippen molar-refractivity contribution in [3.05, 3.63) is 35.6 Å². The van der Waals surface area contributed by atoms with E-state index in [1.54, 1.807) is 12.1 Å². The molecule has 1 aromatic rings. The molecule has 0 aliphatic carbocycles. The third kappa shape index (κ3) is 5.33. The summed E-state index contributed by atoms with van der Waals surface area (Å²) in [5, 5.41) is 6.29. The number of nitrogens with zero attached hydrogens (tertiary/aromatic N) is 1. The Bertz CT molecular complexity index is 355. The van der Waals surface area contributed by atoms with Crippen molar-refractivity contribution < 1.29 is 4.39 Å². The summed E-state index contributed by atoms with van der Waals surface area (Å²) in [6, 6.07) is 6.65. The van der Waals surface area contributed by atoms with Gasteiger partial charge < -0.3 is 10.6 Å². The van der Waals surface area contributed by atoms with E-state index in [4.69, 9.17) is 0 Å². The number of hydrogen-bond donors (Lipinski definition) is 2. The number of aliphatic imine (C=N–C) groups is 1. The van der Waals surface area contributed by atoms with Gasteiger partial charge in [-0.2, -0.15) is 0 Å². The highest BCUT2D eigenvalue weighted by atomic mass is 19.1. The number of rotatable bonds is 5. The Morgan fingerprint density at radius 3 is 2.53 bits per heavy atom. The van der Waals surface area contributed by atoms with Crippen LogP contribution in [0.15, 0.2) is 29.3 Å². The Hall–Kier alpha value is -1.58. The number of halogens is 1. The molecule has 0 aliphatic heterocycles. The molecule has 0 heterocycles. The van der Waals surface area contributed by atoms with Crippen molar-refractivity contribution in [2.24, 2.45) is 4.99 Å². The second-order valence-electron chi connectivity index (χ2n) is 3.67. The molecule has 0 atom stereocenters. The lowest BCUT2D eigenvalue weighted by molar-refractivity contribution is 0.625. The van der Waals surface area contributed by atoms with Crippen LogP contribution in [0, 0.1) is 5.82 Å². The molecule has 0 aromatic heterocycles. The summed E-state index contributed by atoms with van der Waals surface area (Å²) < 4.78 is 12.9. The molecule has 0 saturated heterocycles. The van der Waals surface area contributed by atoms with E-state index in [9.17, 15) is 4.39 Å². The van der Waals surface area contributed by atoms with Gasteiger partial charge >= 0.3 is 0 Å². The Kier molecular flexibility index (Phi) is 6.07. The SMILES string of the molecule is CCNC(=NCCc1cccc(F)c1)NCC. The lowest BCUT2D eigenvalue weighted by Crippen LogP contribution is -2.37. The van der Waals surface area contributed by atoms with E-state index in [-0.39, 0.29) is 5.82 Å². The minimum Gasteiger partial charge on any atom is -0.357 e. The molecule has 0 bridgehead atoms. The Morgan fingerprint density at radius 2 is 1.94 bits per heavy atom. The van der Waals surface area contributed by atoms with Crippen molar-refractivity contribution in [2.75, 3.05) is 19.6 Å². The number of hydrogen-bond acceptors (Lipinski definition) is 1. The van der Waals surface area contributed by atoms with E-state index < -0.39 is 0 Å². The molecule has 0 unspecified atom stereocenters. The summed E-state index contributed by atoms with van der Waals surface area (Å²) in [6.45, 7) is 6.38. The van der Waals surface area contributed by atoms with Crippen LogP contribution in [0.1, 0.15) is 19.4 Å². The molecular formula is C13H20FN3. The third-order valence-electron chi connectivity index (χ3n) is 2.25. The fourth-order valence-electron chi connectivity index (χ4n) is 1.50. The quantitative estimate of drug-likeness (QED) is 0.606. The molecule has 0 fully saturated rings. The van der Waals surface area contributed by atoms with Crippen LogP contribution in [-0.4, -0.2) is 25.6 Å². The first-order chi connectivity index (χ1) is 8.26. The van der Waals surface area contributed by atoms with Gasteiger partial charge in [-0.05, 0) is 38.0 Å². The van der Waals surface area contributed by atoms with Gasteiger partial charge in [-0.3, -0.25) is 4.99 Å². The van der Waals surface area contributed by atoms with Gasteiger partial charge in [0.25, 0.3) is 0 Å². The maximum Gasteiger partial charge on any atom is 0.191 e. The Balaban J connectivity index is 2.46. The first-order valence-electron chi connectivity index (χ1n) is 6.03. The zero-order valence-electron chi connectivity index (χ0n) is 10.5. The number of benzene rings is 1. The summed E-state index contributed by atoms with van der Waals surface area (Å²) in [7, 11) is 0.